The highest BCUT2D eigenvalue weighted by atomic mass is 32.1. The third-order valence-corrected chi connectivity index (χ3v) is 5.69. The number of anilines is 1. The first kappa shape index (κ1) is 24.4. The van der Waals surface area contributed by atoms with Crippen LogP contribution in [0.5, 0.6) is 11.5 Å². The van der Waals surface area contributed by atoms with Gasteiger partial charge in [-0.15, -0.1) is 0 Å². The number of carbonyl (C=O) groups excluding carboxylic acids is 3. The van der Waals surface area contributed by atoms with Crippen LogP contribution in [0.2, 0.25) is 0 Å². The molecule has 2 aromatic carbocycles. The molecule has 2 aromatic rings. The third-order valence-electron chi connectivity index (χ3n) is 5.41. The zero-order chi connectivity index (χ0) is 24.8. The molecular weight excluding hydrogens is 470 g/mol. The number of nitrogens with one attached hydrogen (secondary N) is 1. The zero-order valence-electron chi connectivity index (χ0n) is 19.2. The quantitative estimate of drug-likeness (QED) is 0.357. The van der Waals surface area contributed by atoms with Crippen LogP contribution in [0.4, 0.5) is 5.69 Å². The van der Waals surface area contributed by atoms with Gasteiger partial charge in [0.2, 0.25) is 0 Å². The van der Waals surface area contributed by atoms with Crippen molar-refractivity contribution in [1.29, 1.82) is 0 Å². The molecule has 1 N–H and O–H groups in total. The molecule has 0 saturated carbocycles. The van der Waals surface area contributed by atoms with Gasteiger partial charge >= 0.3 is 0 Å². The maximum Gasteiger partial charge on any atom is 0.270 e. The molecule has 0 bridgehead atoms. The van der Waals surface area contributed by atoms with Crippen LogP contribution in [0.15, 0.2) is 54.1 Å². The molecule has 3 amide bonds. The van der Waals surface area contributed by atoms with Crippen molar-refractivity contribution in [1.82, 2.24) is 10.2 Å². The Morgan fingerprint density at radius 2 is 1.83 bits per heavy atom. The minimum Gasteiger partial charge on any atom is -0.494 e. The molecule has 0 aromatic heterocycles. The molecule has 2 fully saturated rings. The summed E-state index contributed by atoms with van der Waals surface area (Å²) >= 11 is 5.25. The summed E-state index contributed by atoms with van der Waals surface area (Å²) in [5.74, 6) is -0.125. The molecule has 4 rings (SSSR count). The van der Waals surface area contributed by atoms with Crippen LogP contribution in [0, 0.1) is 0 Å². The van der Waals surface area contributed by atoms with E-state index in [1.165, 1.54) is 11.0 Å². The molecule has 35 heavy (non-hydrogen) atoms. The van der Waals surface area contributed by atoms with Crippen molar-refractivity contribution in [3.05, 3.63) is 59.7 Å². The largest absolute Gasteiger partial charge is 0.494 e. The Bertz CT molecular complexity index is 1160. The average molecular weight is 496 g/mol. The summed E-state index contributed by atoms with van der Waals surface area (Å²) in [6.07, 6.45) is 1.49. The van der Waals surface area contributed by atoms with Gasteiger partial charge in [0, 0.05) is 19.2 Å². The zero-order valence-corrected chi connectivity index (χ0v) is 20.0. The van der Waals surface area contributed by atoms with Gasteiger partial charge in [-0.25, -0.2) is 0 Å². The smallest absolute Gasteiger partial charge is 0.270 e. The first-order valence-corrected chi connectivity index (χ1v) is 11.6. The minimum atomic E-state index is -0.575. The minimum absolute atomic E-state index is 0.000480. The predicted octanol–water partition coefficient (Wildman–Crippen LogP) is 2.15. The molecular formula is C25H25N3O6S. The molecule has 2 aliphatic heterocycles. The number of hydrogen-bond acceptors (Lipinski definition) is 7. The Kier molecular flexibility index (Phi) is 7.74. The van der Waals surface area contributed by atoms with Crippen LogP contribution >= 0.6 is 12.2 Å². The van der Waals surface area contributed by atoms with Crippen LogP contribution in [0.1, 0.15) is 12.5 Å². The first-order valence-electron chi connectivity index (χ1n) is 11.2. The van der Waals surface area contributed by atoms with Gasteiger partial charge < -0.3 is 19.1 Å². The Labute approximate surface area is 208 Å². The lowest BCUT2D eigenvalue weighted by Crippen LogP contribution is -2.54. The van der Waals surface area contributed by atoms with E-state index in [1.807, 2.05) is 6.92 Å². The van der Waals surface area contributed by atoms with E-state index in [0.717, 1.165) is 0 Å². The molecule has 2 saturated heterocycles. The fourth-order valence-electron chi connectivity index (χ4n) is 3.65. The normalized spacial score (nSPS) is 17.4. The van der Waals surface area contributed by atoms with Gasteiger partial charge in [-0.2, -0.15) is 0 Å². The van der Waals surface area contributed by atoms with Crippen LogP contribution in [0.25, 0.3) is 6.08 Å². The summed E-state index contributed by atoms with van der Waals surface area (Å²) < 4.78 is 16.3. The standard InChI is InChI=1S/C25H25N3O6S/c1-2-33-20-5-3-4-18(15-20)28-24(31)21(23(30)26-25(28)35)14-17-6-8-19(9-7-17)34-16-22(29)27-10-12-32-13-11-27/h3-9,14-15H,2,10-13,16H2,1H3,(H,26,30,35)/b21-14+. The Balaban J connectivity index is 1.46. The van der Waals surface area contributed by atoms with Gasteiger partial charge in [-0.05, 0) is 55.0 Å². The SMILES string of the molecule is CCOc1cccc(N2C(=O)/C(=C/c3ccc(OCC(=O)N4CCOCC4)cc3)C(=O)NC2=S)c1. The highest BCUT2D eigenvalue weighted by Gasteiger charge is 2.34. The molecule has 182 valence electrons. The van der Waals surface area contributed by atoms with E-state index in [4.69, 9.17) is 26.4 Å². The number of nitrogens with zero attached hydrogens (tertiary/aromatic N) is 2. The second kappa shape index (κ2) is 11.1. The predicted molar refractivity (Wildman–Crippen MR) is 133 cm³/mol. The maximum absolute atomic E-state index is 13.2. The van der Waals surface area contributed by atoms with Crippen LogP contribution in [-0.2, 0) is 19.1 Å². The van der Waals surface area contributed by atoms with Gasteiger partial charge in [0.15, 0.2) is 11.7 Å². The van der Waals surface area contributed by atoms with Crippen molar-refractivity contribution < 1.29 is 28.6 Å². The van der Waals surface area contributed by atoms with E-state index in [9.17, 15) is 14.4 Å². The van der Waals surface area contributed by atoms with Crippen molar-refractivity contribution in [2.75, 3.05) is 44.4 Å². The third kappa shape index (κ3) is 5.84. The Hall–Kier alpha value is -3.76. The number of rotatable bonds is 7. The fraction of sp³-hybridized carbons (Fsp3) is 0.280. The summed E-state index contributed by atoms with van der Waals surface area (Å²) in [6.45, 7) is 4.44. The summed E-state index contributed by atoms with van der Waals surface area (Å²) in [6, 6.07) is 13.7. The molecule has 10 heteroatoms. The van der Waals surface area contributed by atoms with E-state index < -0.39 is 11.8 Å². The molecule has 2 aliphatic rings. The van der Waals surface area contributed by atoms with E-state index in [-0.39, 0.29) is 23.2 Å². The summed E-state index contributed by atoms with van der Waals surface area (Å²) in [4.78, 5) is 41.0. The van der Waals surface area contributed by atoms with E-state index in [0.29, 0.717) is 55.7 Å². The van der Waals surface area contributed by atoms with Crippen molar-refractivity contribution in [2.24, 2.45) is 0 Å². The van der Waals surface area contributed by atoms with Gasteiger partial charge in [-0.1, -0.05) is 18.2 Å². The molecule has 0 unspecified atom stereocenters. The number of morpholine rings is 1. The molecule has 0 aliphatic carbocycles. The number of hydrogen-bond donors (Lipinski definition) is 1. The van der Waals surface area contributed by atoms with E-state index >= 15 is 0 Å². The van der Waals surface area contributed by atoms with Gasteiger partial charge in [-0.3, -0.25) is 24.6 Å². The monoisotopic (exact) mass is 495 g/mol. The molecule has 2 heterocycles. The number of benzene rings is 2. The van der Waals surface area contributed by atoms with Gasteiger partial charge in [0.05, 0.1) is 25.5 Å². The van der Waals surface area contributed by atoms with Crippen molar-refractivity contribution >= 4 is 46.8 Å². The van der Waals surface area contributed by atoms with Crippen molar-refractivity contribution in [3.63, 3.8) is 0 Å². The lowest BCUT2D eigenvalue weighted by Gasteiger charge is -2.29. The summed E-state index contributed by atoms with van der Waals surface area (Å²) in [5.41, 5.74) is 1.05. The lowest BCUT2D eigenvalue weighted by molar-refractivity contribution is -0.137. The number of thiocarbonyl (C=S) groups is 1. The van der Waals surface area contributed by atoms with Crippen LogP contribution in [0.3, 0.4) is 0 Å². The second-order valence-corrected chi connectivity index (χ2v) is 8.13. The average Bonchev–Trinajstić information content (AvgIpc) is 2.87. The highest BCUT2D eigenvalue weighted by Crippen LogP contribution is 2.26. The molecule has 0 spiro atoms. The Morgan fingerprint density at radius 1 is 1.09 bits per heavy atom. The number of ether oxygens (including phenoxy) is 3. The maximum atomic E-state index is 13.2. The van der Waals surface area contributed by atoms with Crippen molar-refractivity contribution in [3.8, 4) is 11.5 Å². The molecule has 0 radical (unpaired) electrons. The van der Waals surface area contributed by atoms with Gasteiger partial charge in [0.25, 0.3) is 17.7 Å². The molecule has 0 atom stereocenters. The summed E-state index contributed by atoms with van der Waals surface area (Å²) in [7, 11) is 0. The van der Waals surface area contributed by atoms with Crippen molar-refractivity contribution in [2.45, 2.75) is 6.92 Å². The summed E-state index contributed by atoms with van der Waals surface area (Å²) in [5, 5.41) is 2.57. The number of amides is 3. The Morgan fingerprint density at radius 3 is 2.54 bits per heavy atom. The lowest BCUT2D eigenvalue weighted by atomic mass is 10.1. The van der Waals surface area contributed by atoms with E-state index in [1.54, 1.807) is 53.4 Å². The number of carbonyl (C=O) groups is 3. The highest BCUT2D eigenvalue weighted by molar-refractivity contribution is 7.80. The second-order valence-electron chi connectivity index (χ2n) is 7.74. The van der Waals surface area contributed by atoms with Gasteiger partial charge in [0.1, 0.15) is 17.1 Å². The van der Waals surface area contributed by atoms with E-state index in [2.05, 4.69) is 5.32 Å². The topological polar surface area (TPSA) is 97.4 Å². The molecule has 9 nitrogen and oxygen atoms in total. The first-order chi connectivity index (χ1) is 17.0. The fourth-order valence-corrected chi connectivity index (χ4v) is 3.93. The van der Waals surface area contributed by atoms with Crippen LogP contribution < -0.4 is 19.7 Å². The van der Waals surface area contributed by atoms with Crippen LogP contribution in [-0.4, -0.2) is 67.3 Å².